The van der Waals surface area contributed by atoms with Crippen molar-refractivity contribution in [3.8, 4) is 5.75 Å². The lowest BCUT2D eigenvalue weighted by Gasteiger charge is -2.22. The van der Waals surface area contributed by atoms with Crippen LogP contribution < -0.4 is 16.2 Å². The first-order valence-corrected chi connectivity index (χ1v) is 13.3. The fraction of sp³-hybridized carbons (Fsp3) is 0.156. The van der Waals surface area contributed by atoms with Crippen molar-refractivity contribution in [3.63, 3.8) is 0 Å². The van der Waals surface area contributed by atoms with E-state index in [-0.39, 0.29) is 35.8 Å². The number of hydrogen-bond donors (Lipinski definition) is 4. The average molecular weight is 585 g/mol. The normalized spacial score (nSPS) is 10.2. The van der Waals surface area contributed by atoms with E-state index >= 15 is 0 Å². The van der Waals surface area contributed by atoms with Crippen LogP contribution in [0, 0.1) is 0 Å². The molecule has 0 radical (unpaired) electrons. The van der Waals surface area contributed by atoms with E-state index in [4.69, 9.17) is 21.3 Å². The Hall–Kier alpha value is -5.71. The van der Waals surface area contributed by atoms with Gasteiger partial charge in [0, 0.05) is 12.1 Å². The van der Waals surface area contributed by atoms with Crippen molar-refractivity contribution >= 4 is 46.2 Å². The molecular formula is C32H32N4O7. The Morgan fingerprint density at radius 1 is 0.814 bits per heavy atom. The fourth-order valence-corrected chi connectivity index (χ4v) is 4.26. The van der Waals surface area contributed by atoms with Crippen LogP contribution in [0.5, 0.6) is 5.75 Å². The molecule has 0 saturated carbocycles. The minimum Gasteiger partial charge on any atom is -0.481 e. The molecule has 0 fully saturated rings. The maximum Gasteiger partial charge on any atom is 0.343 e. The molecule has 0 atom stereocenters. The van der Waals surface area contributed by atoms with E-state index < -0.39 is 30.4 Å². The zero-order valence-corrected chi connectivity index (χ0v) is 23.7. The molecule has 0 aliphatic carbocycles. The third-order valence-electron chi connectivity index (χ3n) is 5.99. The third-order valence-corrected chi connectivity index (χ3v) is 5.99. The first-order valence-electron chi connectivity index (χ1n) is 13.3. The number of carbonyl (C=O) groups is 4. The van der Waals surface area contributed by atoms with Gasteiger partial charge in [-0.3, -0.25) is 14.4 Å². The number of nitrogens with zero attached hydrogens (tertiary/aromatic N) is 2. The molecule has 0 saturated heterocycles. The summed E-state index contributed by atoms with van der Waals surface area (Å²) in [5, 5.41) is 19.7. The number of amides is 1. The van der Waals surface area contributed by atoms with Gasteiger partial charge in [-0.05, 0) is 70.4 Å². The van der Waals surface area contributed by atoms with Crippen LogP contribution in [-0.2, 0) is 22.6 Å². The number of fused-ring (bicyclic) bond motifs is 1. The third kappa shape index (κ3) is 8.89. The summed E-state index contributed by atoms with van der Waals surface area (Å²) < 4.78 is 5.51. The van der Waals surface area contributed by atoms with Crippen LogP contribution in [0.25, 0.3) is 10.8 Å². The maximum atomic E-state index is 13.6. The van der Waals surface area contributed by atoms with E-state index in [0.717, 1.165) is 0 Å². The summed E-state index contributed by atoms with van der Waals surface area (Å²) >= 11 is 0. The molecule has 0 heterocycles. The molecule has 0 aliphatic rings. The molecule has 6 N–H and O–H groups in total. The van der Waals surface area contributed by atoms with Crippen LogP contribution in [0.15, 0.2) is 89.9 Å². The van der Waals surface area contributed by atoms with Gasteiger partial charge in [0.25, 0.3) is 5.91 Å². The number of hydrogen-bond acceptors (Lipinski definition) is 6. The molecule has 0 aromatic heterocycles. The zero-order chi connectivity index (χ0) is 31.5. The minimum absolute atomic E-state index is 0.0351. The number of esters is 1. The van der Waals surface area contributed by atoms with Gasteiger partial charge in [-0.2, -0.15) is 0 Å². The van der Waals surface area contributed by atoms with Gasteiger partial charge in [-0.1, -0.05) is 50.2 Å². The van der Waals surface area contributed by atoms with E-state index in [1.807, 2.05) is 13.8 Å². The lowest BCUT2D eigenvalue weighted by molar-refractivity contribution is -0.138. The highest BCUT2D eigenvalue weighted by atomic mass is 16.5. The molecule has 4 rings (SSSR count). The highest BCUT2D eigenvalue weighted by Gasteiger charge is 2.21. The van der Waals surface area contributed by atoms with Gasteiger partial charge in [0.1, 0.15) is 12.3 Å². The van der Waals surface area contributed by atoms with Crippen molar-refractivity contribution in [2.24, 2.45) is 16.5 Å². The molecule has 0 unspecified atom stereocenters. The van der Waals surface area contributed by atoms with E-state index in [1.165, 1.54) is 17.0 Å². The topological polar surface area (TPSA) is 186 Å². The number of carbonyl (C=O) groups excluding carboxylic acids is 2. The van der Waals surface area contributed by atoms with Gasteiger partial charge in [0.05, 0.1) is 17.7 Å². The standard InChI is InChI=1S/C30H26N4O7.C2H6/c31-30(32)33-22-9-7-20(8-10-22)29(40)41-23-11-12-24-21(15-23)5-2-6-25(24)28(39)34(17-27(37)38)16-19-4-1-3-18(13-19)14-26(35)36;1-2/h1-13,15H,14,16-17H2,(H,35,36)(H,37,38)(H4,31,32,33);1-2H3. The van der Waals surface area contributed by atoms with Gasteiger partial charge in [-0.25, -0.2) is 9.79 Å². The predicted octanol–water partition coefficient (Wildman–Crippen LogP) is 4.34. The molecule has 43 heavy (non-hydrogen) atoms. The van der Waals surface area contributed by atoms with E-state index in [9.17, 15) is 24.3 Å². The summed E-state index contributed by atoms with van der Waals surface area (Å²) in [5.41, 5.74) is 12.9. The second kappa shape index (κ2) is 14.8. The number of carboxylic acids is 2. The largest absolute Gasteiger partial charge is 0.481 e. The van der Waals surface area contributed by atoms with Crippen molar-refractivity contribution < 1.29 is 34.1 Å². The van der Waals surface area contributed by atoms with Crippen molar-refractivity contribution in [2.75, 3.05) is 6.54 Å². The van der Waals surface area contributed by atoms with Crippen LogP contribution >= 0.6 is 0 Å². The van der Waals surface area contributed by atoms with Gasteiger partial charge in [0.15, 0.2) is 5.96 Å². The Morgan fingerprint density at radius 2 is 1.49 bits per heavy atom. The summed E-state index contributed by atoms with van der Waals surface area (Å²) in [7, 11) is 0. The van der Waals surface area contributed by atoms with Crippen LogP contribution in [0.1, 0.15) is 45.7 Å². The molecule has 4 aromatic rings. The Bertz CT molecular complexity index is 1660. The molecule has 0 aliphatic heterocycles. The molecular weight excluding hydrogens is 552 g/mol. The highest BCUT2D eigenvalue weighted by molar-refractivity contribution is 6.08. The maximum absolute atomic E-state index is 13.6. The highest BCUT2D eigenvalue weighted by Crippen LogP contribution is 2.26. The monoisotopic (exact) mass is 584 g/mol. The molecule has 0 bridgehead atoms. The molecule has 4 aromatic carbocycles. The Kier molecular flexibility index (Phi) is 10.9. The molecule has 11 nitrogen and oxygen atoms in total. The van der Waals surface area contributed by atoms with E-state index in [2.05, 4.69) is 4.99 Å². The van der Waals surface area contributed by atoms with Crippen molar-refractivity contribution in [1.82, 2.24) is 4.90 Å². The fourth-order valence-electron chi connectivity index (χ4n) is 4.26. The predicted molar refractivity (Wildman–Crippen MR) is 162 cm³/mol. The Morgan fingerprint density at radius 3 is 2.14 bits per heavy atom. The first-order chi connectivity index (χ1) is 20.6. The van der Waals surface area contributed by atoms with E-state index in [1.54, 1.807) is 72.8 Å². The van der Waals surface area contributed by atoms with Gasteiger partial charge in [-0.15, -0.1) is 0 Å². The smallest absolute Gasteiger partial charge is 0.343 e. The van der Waals surface area contributed by atoms with Crippen molar-refractivity contribution in [3.05, 3.63) is 107 Å². The number of guanidine groups is 1. The number of rotatable bonds is 10. The Labute approximate surface area is 248 Å². The zero-order valence-electron chi connectivity index (χ0n) is 23.7. The quantitative estimate of drug-likeness (QED) is 0.0910. The van der Waals surface area contributed by atoms with Gasteiger partial charge >= 0.3 is 17.9 Å². The van der Waals surface area contributed by atoms with Crippen LogP contribution in [-0.4, -0.2) is 51.4 Å². The van der Waals surface area contributed by atoms with Crippen LogP contribution in [0.3, 0.4) is 0 Å². The van der Waals surface area contributed by atoms with Crippen molar-refractivity contribution in [1.29, 1.82) is 0 Å². The Balaban J connectivity index is 0.00000248. The first kappa shape index (κ1) is 31.8. The minimum atomic E-state index is -1.19. The number of benzene rings is 4. The lowest BCUT2D eigenvalue weighted by atomic mass is 10.0. The summed E-state index contributed by atoms with van der Waals surface area (Å²) in [4.78, 5) is 54.0. The number of nitrogens with two attached hydrogens (primary N) is 2. The van der Waals surface area contributed by atoms with Crippen LogP contribution in [0.4, 0.5) is 5.69 Å². The average Bonchev–Trinajstić information content (AvgIpc) is 2.97. The van der Waals surface area contributed by atoms with Crippen molar-refractivity contribution in [2.45, 2.75) is 26.8 Å². The molecule has 11 heteroatoms. The second-order valence-electron chi connectivity index (χ2n) is 9.11. The number of ether oxygens (including phenoxy) is 1. The van der Waals surface area contributed by atoms with Gasteiger partial charge in [0.2, 0.25) is 0 Å². The summed E-state index contributed by atoms with van der Waals surface area (Å²) in [6.45, 7) is 3.41. The number of aliphatic carboxylic acids is 2. The summed E-state index contributed by atoms with van der Waals surface area (Å²) in [6.07, 6.45) is -0.194. The molecule has 222 valence electrons. The molecule has 1 amide bonds. The lowest BCUT2D eigenvalue weighted by Crippen LogP contribution is -2.35. The summed E-state index contributed by atoms with van der Waals surface area (Å²) in [5.74, 6) is -3.18. The molecule has 0 spiro atoms. The number of aliphatic imine (C=N–C) groups is 1. The SMILES string of the molecule is CC.NC(N)=Nc1ccc(C(=O)Oc2ccc3c(C(=O)N(CC(=O)O)Cc4cccc(CC(=O)O)c4)cccc3c2)cc1. The van der Waals surface area contributed by atoms with E-state index in [0.29, 0.717) is 27.6 Å². The van der Waals surface area contributed by atoms with Gasteiger partial charge < -0.3 is 31.3 Å². The van der Waals surface area contributed by atoms with Crippen LogP contribution in [0.2, 0.25) is 0 Å². The summed E-state index contributed by atoms with van der Waals surface area (Å²) in [6, 6.07) is 22.6. The second-order valence-corrected chi connectivity index (χ2v) is 9.11. The number of carboxylic acid groups (broad SMARTS) is 2.